The van der Waals surface area contributed by atoms with Crippen LogP contribution in [0.5, 0.6) is 5.75 Å². The van der Waals surface area contributed by atoms with Crippen molar-refractivity contribution in [3.05, 3.63) is 41.9 Å². The number of ether oxygens (including phenoxy) is 1. The third kappa shape index (κ3) is 3.58. The predicted molar refractivity (Wildman–Crippen MR) is 107 cm³/mol. The van der Waals surface area contributed by atoms with E-state index in [0.29, 0.717) is 11.7 Å². The Bertz CT molecular complexity index is 926. The molecule has 0 atom stereocenters. The zero-order chi connectivity index (χ0) is 18.8. The molecule has 2 heterocycles. The Balaban J connectivity index is 1.74. The first-order valence-corrected chi connectivity index (χ1v) is 10.3. The SMILES string of the molecule is COc1ccc(C)c2sc(N(Cc3ccco3)C(=O)C3CCCCC3)nc12. The van der Waals surface area contributed by atoms with E-state index < -0.39 is 0 Å². The summed E-state index contributed by atoms with van der Waals surface area (Å²) in [5, 5.41) is 0.713. The highest BCUT2D eigenvalue weighted by atomic mass is 32.1. The second-order valence-electron chi connectivity index (χ2n) is 7.10. The fourth-order valence-electron chi connectivity index (χ4n) is 3.75. The number of methoxy groups -OCH3 is 1. The Morgan fingerprint density at radius 3 is 2.81 bits per heavy atom. The van der Waals surface area contributed by atoms with Gasteiger partial charge in [0.25, 0.3) is 0 Å². The normalized spacial score (nSPS) is 15.2. The average Bonchev–Trinajstić information content (AvgIpc) is 3.37. The summed E-state index contributed by atoms with van der Waals surface area (Å²) in [6.07, 6.45) is 7.03. The number of hydrogen-bond acceptors (Lipinski definition) is 5. The highest BCUT2D eigenvalue weighted by Gasteiger charge is 2.30. The summed E-state index contributed by atoms with van der Waals surface area (Å²) in [5.74, 6) is 1.73. The topological polar surface area (TPSA) is 55.6 Å². The lowest BCUT2D eigenvalue weighted by atomic mass is 9.88. The highest BCUT2D eigenvalue weighted by molar-refractivity contribution is 7.22. The molecular weight excluding hydrogens is 360 g/mol. The number of amides is 1. The van der Waals surface area contributed by atoms with Crippen LogP contribution in [-0.4, -0.2) is 18.0 Å². The third-order valence-corrected chi connectivity index (χ3v) is 6.47. The first kappa shape index (κ1) is 18.0. The van der Waals surface area contributed by atoms with Gasteiger partial charge >= 0.3 is 0 Å². The van der Waals surface area contributed by atoms with E-state index in [1.165, 1.54) is 6.42 Å². The van der Waals surface area contributed by atoms with Crippen molar-refractivity contribution in [1.82, 2.24) is 4.98 Å². The van der Waals surface area contributed by atoms with Crippen LogP contribution in [0.4, 0.5) is 5.13 Å². The van der Waals surface area contributed by atoms with E-state index >= 15 is 0 Å². The van der Waals surface area contributed by atoms with Gasteiger partial charge in [-0.3, -0.25) is 9.69 Å². The maximum atomic E-state index is 13.4. The van der Waals surface area contributed by atoms with Gasteiger partial charge in [-0.2, -0.15) is 0 Å². The molecule has 3 aromatic rings. The Morgan fingerprint density at radius 2 is 2.11 bits per heavy atom. The summed E-state index contributed by atoms with van der Waals surface area (Å²) in [5.41, 5.74) is 1.95. The number of benzene rings is 1. The Kier molecular flexibility index (Phi) is 5.16. The molecule has 2 aromatic heterocycles. The maximum Gasteiger partial charge on any atom is 0.232 e. The molecule has 0 radical (unpaired) electrons. The van der Waals surface area contributed by atoms with Crippen LogP contribution in [0, 0.1) is 12.8 Å². The monoisotopic (exact) mass is 384 g/mol. The van der Waals surface area contributed by atoms with E-state index in [4.69, 9.17) is 14.1 Å². The number of hydrogen-bond donors (Lipinski definition) is 0. The first-order chi connectivity index (χ1) is 13.2. The van der Waals surface area contributed by atoms with Crippen LogP contribution in [-0.2, 0) is 11.3 Å². The predicted octanol–water partition coefficient (Wildman–Crippen LogP) is 5.32. The van der Waals surface area contributed by atoms with Gasteiger partial charge in [-0.15, -0.1) is 0 Å². The molecule has 1 aliphatic carbocycles. The summed E-state index contributed by atoms with van der Waals surface area (Å²) < 4.78 is 12.1. The number of aromatic nitrogens is 1. The minimum Gasteiger partial charge on any atom is -0.494 e. The van der Waals surface area contributed by atoms with Crippen LogP contribution in [0.1, 0.15) is 43.4 Å². The fourth-order valence-corrected chi connectivity index (χ4v) is 4.80. The van der Waals surface area contributed by atoms with Gasteiger partial charge in [0.1, 0.15) is 17.0 Å². The molecule has 1 amide bonds. The zero-order valence-electron chi connectivity index (χ0n) is 15.7. The molecule has 27 heavy (non-hydrogen) atoms. The van der Waals surface area contributed by atoms with Crippen molar-refractivity contribution in [2.24, 2.45) is 5.92 Å². The molecule has 1 aromatic carbocycles. The summed E-state index contributed by atoms with van der Waals surface area (Å²) in [4.78, 5) is 20.0. The number of anilines is 1. The third-order valence-electron chi connectivity index (χ3n) is 5.26. The molecule has 142 valence electrons. The lowest BCUT2D eigenvalue weighted by Crippen LogP contribution is -2.36. The van der Waals surface area contributed by atoms with E-state index in [2.05, 4.69) is 6.92 Å². The van der Waals surface area contributed by atoms with Crippen LogP contribution in [0.3, 0.4) is 0 Å². The molecular formula is C21H24N2O3S. The quantitative estimate of drug-likeness (QED) is 0.597. The van der Waals surface area contributed by atoms with Gasteiger partial charge in [0, 0.05) is 5.92 Å². The van der Waals surface area contributed by atoms with Gasteiger partial charge in [-0.25, -0.2) is 4.98 Å². The summed E-state index contributed by atoms with van der Waals surface area (Å²) in [6.45, 7) is 2.47. The number of fused-ring (bicyclic) bond motifs is 1. The fraction of sp³-hybridized carbons (Fsp3) is 0.429. The molecule has 6 heteroatoms. The maximum absolute atomic E-state index is 13.4. The van der Waals surface area contributed by atoms with Crippen molar-refractivity contribution in [3.63, 3.8) is 0 Å². The molecule has 0 N–H and O–H groups in total. The smallest absolute Gasteiger partial charge is 0.232 e. The van der Waals surface area contributed by atoms with Crippen molar-refractivity contribution in [3.8, 4) is 5.75 Å². The highest BCUT2D eigenvalue weighted by Crippen LogP contribution is 2.38. The van der Waals surface area contributed by atoms with Crippen LogP contribution in [0.15, 0.2) is 34.9 Å². The van der Waals surface area contributed by atoms with Crippen LogP contribution < -0.4 is 9.64 Å². The van der Waals surface area contributed by atoms with Gasteiger partial charge in [0.15, 0.2) is 5.13 Å². The van der Waals surface area contributed by atoms with E-state index in [1.54, 1.807) is 29.6 Å². The number of nitrogens with zero attached hydrogens (tertiary/aromatic N) is 2. The van der Waals surface area contributed by atoms with Crippen molar-refractivity contribution < 1.29 is 13.9 Å². The van der Waals surface area contributed by atoms with Crippen molar-refractivity contribution in [2.45, 2.75) is 45.6 Å². The molecule has 0 spiro atoms. The van der Waals surface area contributed by atoms with Crippen molar-refractivity contribution in [2.75, 3.05) is 12.0 Å². The number of rotatable bonds is 5. The lowest BCUT2D eigenvalue weighted by Gasteiger charge is -2.27. The number of furan rings is 1. The minimum atomic E-state index is 0.0729. The van der Waals surface area contributed by atoms with Gasteiger partial charge in [0.05, 0.1) is 24.6 Å². The molecule has 0 bridgehead atoms. The van der Waals surface area contributed by atoms with Gasteiger partial charge < -0.3 is 9.15 Å². The zero-order valence-corrected chi connectivity index (χ0v) is 16.6. The Morgan fingerprint density at radius 1 is 1.30 bits per heavy atom. The second kappa shape index (κ2) is 7.72. The molecule has 4 rings (SSSR count). The minimum absolute atomic E-state index is 0.0729. The number of thiazole rings is 1. The van der Waals surface area contributed by atoms with Gasteiger partial charge in [-0.1, -0.05) is 36.7 Å². The largest absolute Gasteiger partial charge is 0.494 e. The van der Waals surface area contributed by atoms with Crippen LogP contribution in [0.2, 0.25) is 0 Å². The summed E-state index contributed by atoms with van der Waals surface area (Å²) >= 11 is 1.55. The molecule has 1 fully saturated rings. The summed E-state index contributed by atoms with van der Waals surface area (Å²) in [6, 6.07) is 7.72. The average molecular weight is 385 g/mol. The lowest BCUT2D eigenvalue weighted by molar-refractivity contribution is -0.123. The Labute approximate surface area is 163 Å². The molecule has 0 saturated heterocycles. The summed E-state index contributed by atoms with van der Waals surface area (Å²) in [7, 11) is 1.65. The number of carbonyl (C=O) groups excluding carboxylic acids is 1. The van der Waals surface area contributed by atoms with E-state index in [9.17, 15) is 4.79 Å². The second-order valence-corrected chi connectivity index (χ2v) is 8.08. The molecule has 0 unspecified atom stereocenters. The van der Waals surface area contributed by atoms with E-state index in [1.807, 2.05) is 24.3 Å². The van der Waals surface area contributed by atoms with E-state index in [0.717, 1.165) is 53.0 Å². The van der Waals surface area contributed by atoms with E-state index in [-0.39, 0.29) is 11.8 Å². The van der Waals surface area contributed by atoms with Gasteiger partial charge in [-0.05, 0) is 43.5 Å². The van der Waals surface area contributed by atoms with Crippen molar-refractivity contribution in [1.29, 1.82) is 0 Å². The Hall–Kier alpha value is -2.34. The standard InChI is InChI=1S/C21H24N2O3S/c1-14-10-11-17(25-2)18-19(14)27-21(22-18)23(13-16-9-6-12-26-16)20(24)15-7-4-3-5-8-15/h6,9-12,15H,3-5,7-8,13H2,1-2H3. The first-order valence-electron chi connectivity index (χ1n) is 9.45. The molecule has 1 aliphatic rings. The van der Waals surface area contributed by atoms with Crippen LogP contribution in [0.25, 0.3) is 10.2 Å². The number of aryl methyl sites for hydroxylation is 1. The molecule has 1 saturated carbocycles. The molecule has 5 nitrogen and oxygen atoms in total. The van der Waals surface area contributed by atoms with Gasteiger partial charge in [0.2, 0.25) is 5.91 Å². The van der Waals surface area contributed by atoms with Crippen LogP contribution >= 0.6 is 11.3 Å². The van der Waals surface area contributed by atoms with Crippen molar-refractivity contribution >= 4 is 32.6 Å². The molecule has 0 aliphatic heterocycles. The number of carbonyl (C=O) groups is 1.